The van der Waals surface area contributed by atoms with Gasteiger partial charge in [-0.1, -0.05) is 12.1 Å². The Morgan fingerprint density at radius 1 is 1.10 bits per heavy atom. The van der Waals surface area contributed by atoms with Crippen LogP contribution in [0.25, 0.3) is 5.57 Å². The molecule has 21 heavy (non-hydrogen) atoms. The Hall–Kier alpha value is -1.66. The van der Waals surface area contributed by atoms with Gasteiger partial charge in [0.2, 0.25) is 0 Å². The lowest BCUT2D eigenvalue weighted by Crippen LogP contribution is -1.97. The van der Waals surface area contributed by atoms with Gasteiger partial charge < -0.3 is 10.8 Å². The van der Waals surface area contributed by atoms with Crippen molar-refractivity contribution in [2.45, 2.75) is 0 Å². The van der Waals surface area contributed by atoms with Crippen LogP contribution in [0.2, 0.25) is 0 Å². The highest BCUT2D eigenvalue weighted by Crippen LogP contribution is 2.34. The third-order valence-electron chi connectivity index (χ3n) is 2.81. The summed E-state index contributed by atoms with van der Waals surface area (Å²) < 4.78 is 14.3. The van der Waals surface area contributed by atoms with E-state index in [2.05, 4.69) is 31.9 Å². The fourth-order valence-electron chi connectivity index (χ4n) is 1.83. The summed E-state index contributed by atoms with van der Waals surface area (Å²) >= 11 is 6.65. The molecule has 2 rings (SSSR count). The molecule has 0 aliphatic heterocycles. The Kier molecular flexibility index (Phi) is 4.80. The van der Waals surface area contributed by atoms with Crippen LogP contribution in [-0.2, 0) is 4.79 Å². The second-order valence-electron chi connectivity index (χ2n) is 4.26. The molecule has 2 aromatic rings. The van der Waals surface area contributed by atoms with Crippen molar-refractivity contribution in [2.24, 2.45) is 0 Å². The number of hydrogen-bond donors (Lipinski definition) is 2. The van der Waals surface area contributed by atoms with Crippen molar-refractivity contribution in [3.8, 4) is 0 Å². The van der Waals surface area contributed by atoms with Gasteiger partial charge in [0.05, 0.1) is 5.69 Å². The van der Waals surface area contributed by atoms with Crippen molar-refractivity contribution >= 4 is 49.1 Å². The Bertz CT molecular complexity index is 704. The molecule has 108 valence electrons. The fourth-order valence-corrected chi connectivity index (χ4v) is 3.01. The zero-order valence-electron chi connectivity index (χ0n) is 10.6. The first kappa shape index (κ1) is 15.7. The number of rotatable bonds is 3. The zero-order chi connectivity index (χ0) is 15.6. The molecule has 0 aliphatic rings. The molecule has 0 fully saturated rings. The van der Waals surface area contributed by atoms with Crippen LogP contribution in [0.15, 0.2) is 51.4 Å². The van der Waals surface area contributed by atoms with E-state index in [1.807, 2.05) is 0 Å². The predicted octanol–water partition coefficient (Wildman–Crippen LogP) is 4.45. The van der Waals surface area contributed by atoms with Crippen molar-refractivity contribution in [1.82, 2.24) is 0 Å². The molecule has 3 nitrogen and oxygen atoms in total. The molecule has 2 aromatic carbocycles. The molecule has 0 aliphatic carbocycles. The molecule has 0 bridgehead atoms. The molecule has 0 saturated carbocycles. The third-order valence-corrected chi connectivity index (χ3v) is 4.13. The quantitative estimate of drug-likeness (QED) is 0.576. The van der Waals surface area contributed by atoms with E-state index in [9.17, 15) is 9.18 Å². The van der Waals surface area contributed by atoms with Crippen molar-refractivity contribution in [3.63, 3.8) is 0 Å². The molecule has 0 amide bonds. The zero-order valence-corrected chi connectivity index (χ0v) is 13.8. The molecule has 0 aromatic heterocycles. The molecule has 0 saturated heterocycles. The molecule has 6 heteroatoms. The average Bonchev–Trinajstić information content (AvgIpc) is 2.42. The molecule has 0 atom stereocenters. The van der Waals surface area contributed by atoms with Crippen LogP contribution in [0.5, 0.6) is 0 Å². The van der Waals surface area contributed by atoms with E-state index in [0.29, 0.717) is 31.3 Å². The summed E-state index contributed by atoms with van der Waals surface area (Å²) in [5.41, 5.74) is 8.06. The van der Waals surface area contributed by atoms with Gasteiger partial charge in [0.1, 0.15) is 5.82 Å². The Morgan fingerprint density at radius 2 is 1.62 bits per heavy atom. The van der Waals surface area contributed by atoms with Crippen molar-refractivity contribution < 1.29 is 14.3 Å². The van der Waals surface area contributed by atoms with E-state index < -0.39 is 5.97 Å². The van der Waals surface area contributed by atoms with E-state index in [-0.39, 0.29) is 5.82 Å². The smallest absolute Gasteiger partial charge is 0.328 e. The summed E-state index contributed by atoms with van der Waals surface area (Å²) in [5, 5.41) is 9.06. The van der Waals surface area contributed by atoms with Crippen LogP contribution in [-0.4, -0.2) is 11.1 Å². The van der Waals surface area contributed by atoms with Crippen molar-refractivity contribution in [3.05, 3.63) is 68.4 Å². The van der Waals surface area contributed by atoms with Crippen LogP contribution in [0, 0.1) is 5.82 Å². The van der Waals surface area contributed by atoms with Gasteiger partial charge in [0, 0.05) is 15.0 Å². The maximum atomic E-state index is 13.0. The van der Waals surface area contributed by atoms with Crippen LogP contribution in [0.3, 0.4) is 0 Å². The molecule has 0 radical (unpaired) electrons. The SMILES string of the molecule is Nc1c(Br)cc(C(=CC(=O)O)c2ccc(F)cc2)cc1Br. The summed E-state index contributed by atoms with van der Waals surface area (Å²) in [5.74, 6) is -1.47. The van der Waals surface area contributed by atoms with Gasteiger partial charge in [-0.05, 0) is 72.8 Å². The summed E-state index contributed by atoms with van der Waals surface area (Å²) in [6.07, 6.45) is 1.08. The maximum absolute atomic E-state index is 13.0. The van der Waals surface area contributed by atoms with Gasteiger partial charge in [-0.15, -0.1) is 0 Å². The highest BCUT2D eigenvalue weighted by molar-refractivity contribution is 9.11. The first-order valence-corrected chi connectivity index (χ1v) is 7.42. The van der Waals surface area contributed by atoms with E-state index >= 15 is 0 Å². The Labute approximate surface area is 137 Å². The number of halogens is 3. The first-order chi connectivity index (χ1) is 9.88. The highest BCUT2D eigenvalue weighted by atomic mass is 79.9. The maximum Gasteiger partial charge on any atom is 0.328 e. The van der Waals surface area contributed by atoms with Gasteiger partial charge >= 0.3 is 5.97 Å². The molecule has 0 unspecified atom stereocenters. The number of carbonyl (C=O) groups is 1. The molecular weight excluding hydrogens is 405 g/mol. The van der Waals surface area contributed by atoms with E-state index in [4.69, 9.17) is 10.8 Å². The molecule has 0 spiro atoms. The second kappa shape index (κ2) is 6.41. The Morgan fingerprint density at radius 3 is 2.10 bits per heavy atom. The van der Waals surface area contributed by atoms with Gasteiger partial charge in [-0.3, -0.25) is 0 Å². The molecule has 3 N–H and O–H groups in total. The van der Waals surface area contributed by atoms with Crippen LogP contribution < -0.4 is 5.73 Å². The topological polar surface area (TPSA) is 63.3 Å². The molecule has 0 heterocycles. The minimum Gasteiger partial charge on any atom is -0.478 e. The highest BCUT2D eigenvalue weighted by Gasteiger charge is 2.11. The van der Waals surface area contributed by atoms with Gasteiger partial charge in [0.25, 0.3) is 0 Å². The summed E-state index contributed by atoms with van der Waals surface area (Å²) in [6, 6.07) is 9.07. The number of nitrogen functional groups attached to an aromatic ring is 1. The minimum atomic E-state index is -1.08. The normalized spacial score (nSPS) is 11.5. The van der Waals surface area contributed by atoms with Gasteiger partial charge in [0.15, 0.2) is 0 Å². The number of carboxylic acid groups (broad SMARTS) is 1. The van der Waals surface area contributed by atoms with Gasteiger partial charge in [-0.2, -0.15) is 0 Å². The second-order valence-corrected chi connectivity index (χ2v) is 5.97. The Balaban J connectivity index is 2.62. The minimum absolute atomic E-state index is 0.381. The monoisotopic (exact) mass is 413 g/mol. The largest absolute Gasteiger partial charge is 0.478 e. The number of benzene rings is 2. The molecular formula is C15H10Br2FNO2. The standard InChI is InChI=1S/C15H10Br2FNO2/c16-12-5-9(6-13(17)15(12)19)11(7-14(20)21)8-1-3-10(18)4-2-8/h1-7H,19H2,(H,20,21). The van der Waals surface area contributed by atoms with Crippen molar-refractivity contribution in [1.29, 1.82) is 0 Å². The van der Waals surface area contributed by atoms with Crippen molar-refractivity contribution in [2.75, 3.05) is 5.73 Å². The lowest BCUT2D eigenvalue weighted by molar-refractivity contribution is -0.131. The summed E-state index contributed by atoms with van der Waals surface area (Å²) in [7, 11) is 0. The number of hydrogen-bond acceptors (Lipinski definition) is 2. The number of aliphatic carboxylic acids is 1. The fraction of sp³-hybridized carbons (Fsp3) is 0. The first-order valence-electron chi connectivity index (χ1n) is 5.84. The third kappa shape index (κ3) is 3.71. The van der Waals surface area contributed by atoms with Crippen LogP contribution >= 0.6 is 31.9 Å². The average molecular weight is 415 g/mol. The predicted molar refractivity (Wildman–Crippen MR) is 87.4 cm³/mol. The number of nitrogens with two attached hydrogens (primary N) is 1. The van der Waals surface area contributed by atoms with Crippen LogP contribution in [0.4, 0.5) is 10.1 Å². The van der Waals surface area contributed by atoms with E-state index in [0.717, 1.165) is 6.08 Å². The lowest BCUT2D eigenvalue weighted by Gasteiger charge is -2.11. The number of carboxylic acids is 1. The summed E-state index contributed by atoms with van der Waals surface area (Å²) in [6.45, 7) is 0. The lowest BCUT2D eigenvalue weighted by atomic mass is 9.97. The van der Waals surface area contributed by atoms with Gasteiger partial charge in [-0.25, -0.2) is 9.18 Å². The number of anilines is 1. The van der Waals surface area contributed by atoms with E-state index in [1.165, 1.54) is 24.3 Å². The van der Waals surface area contributed by atoms with E-state index in [1.54, 1.807) is 12.1 Å². The summed E-state index contributed by atoms with van der Waals surface area (Å²) in [4.78, 5) is 11.1. The van der Waals surface area contributed by atoms with Crippen LogP contribution in [0.1, 0.15) is 11.1 Å².